The van der Waals surface area contributed by atoms with Gasteiger partial charge in [-0.3, -0.25) is 0 Å². The fraction of sp³-hybridized carbons (Fsp3) is 0.714. The molecule has 2 nitrogen and oxygen atoms in total. The smallest absolute Gasteiger partial charge is 0.0873 e. The van der Waals surface area contributed by atoms with Crippen molar-refractivity contribution in [1.29, 1.82) is 0 Å². The molecule has 1 fully saturated rings. The zero-order valence-electron chi connectivity index (χ0n) is 11.2. The van der Waals surface area contributed by atoms with Crippen LogP contribution in [0.4, 0.5) is 0 Å². The predicted octanol–water partition coefficient (Wildman–Crippen LogP) is 4.51. The van der Waals surface area contributed by atoms with Crippen molar-refractivity contribution >= 4 is 27.3 Å². The van der Waals surface area contributed by atoms with E-state index in [9.17, 15) is 0 Å². The summed E-state index contributed by atoms with van der Waals surface area (Å²) in [5.74, 6) is 0. The van der Waals surface area contributed by atoms with E-state index < -0.39 is 0 Å². The predicted molar refractivity (Wildman–Crippen MR) is 81.3 cm³/mol. The lowest BCUT2D eigenvalue weighted by Crippen LogP contribution is -2.43. The molecule has 1 atom stereocenters. The molecule has 0 aliphatic heterocycles. The van der Waals surface area contributed by atoms with Crippen molar-refractivity contribution in [2.75, 3.05) is 13.7 Å². The monoisotopic (exact) mass is 331 g/mol. The quantitative estimate of drug-likeness (QED) is 0.827. The highest BCUT2D eigenvalue weighted by molar-refractivity contribution is 9.10. The fourth-order valence-electron chi connectivity index (χ4n) is 2.95. The Morgan fingerprint density at radius 3 is 2.67 bits per heavy atom. The highest BCUT2D eigenvalue weighted by Crippen LogP contribution is 2.45. The number of hydrogen-bond donors (Lipinski definition) is 1. The van der Waals surface area contributed by atoms with Crippen molar-refractivity contribution in [3.8, 4) is 0 Å². The van der Waals surface area contributed by atoms with Crippen LogP contribution in [0.3, 0.4) is 0 Å². The molecule has 1 aliphatic carbocycles. The maximum absolute atomic E-state index is 5.96. The van der Waals surface area contributed by atoms with E-state index in [0.29, 0.717) is 6.04 Å². The molecule has 1 aliphatic rings. The molecule has 1 aromatic heterocycles. The molecule has 1 heterocycles. The molecule has 102 valence electrons. The molecule has 0 amide bonds. The zero-order chi connectivity index (χ0) is 13.0. The lowest BCUT2D eigenvalue weighted by molar-refractivity contribution is -0.0368. The standard InChI is InChI=1S/C14H22BrNOS/c1-3-8-16-13(11-9-18-10-12(11)15)14(17-2)6-4-5-7-14/h9-10,13,16H,3-8H2,1-2H3. The maximum Gasteiger partial charge on any atom is 0.0873 e. The number of halogens is 1. The first kappa shape index (κ1) is 14.5. The Hall–Kier alpha value is 0.1000. The van der Waals surface area contributed by atoms with Crippen molar-refractivity contribution in [2.24, 2.45) is 0 Å². The summed E-state index contributed by atoms with van der Waals surface area (Å²) < 4.78 is 7.17. The van der Waals surface area contributed by atoms with Crippen LogP contribution in [0.25, 0.3) is 0 Å². The second-order valence-corrected chi connectivity index (χ2v) is 6.64. The van der Waals surface area contributed by atoms with Gasteiger partial charge in [0.05, 0.1) is 11.6 Å². The van der Waals surface area contributed by atoms with Gasteiger partial charge in [0, 0.05) is 17.0 Å². The minimum atomic E-state index is -0.0151. The van der Waals surface area contributed by atoms with Crippen LogP contribution in [0.1, 0.15) is 50.6 Å². The van der Waals surface area contributed by atoms with Gasteiger partial charge in [-0.05, 0) is 52.7 Å². The van der Waals surface area contributed by atoms with Gasteiger partial charge in [-0.1, -0.05) is 19.8 Å². The van der Waals surface area contributed by atoms with Gasteiger partial charge < -0.3 is 10.1 Å². The maximum atomic E-state index is 5.96. The van der Waals surface area contributed by atoms with E-state index >= 15 is 0 Å². The van der Waals surface area contributed by atoms with Crippen LogP contribution in [0.2, 0.25) is 0 Å². The van der Waals surface area contributed by atoms with E-state index in [-0.39, 0.29) is 5.60 Å². The number of hydrogen-bond acceptors (Lipinski definition) is 3. The number of ether oxygens (including phenoxy) is 1. The first-order valence-corrected chi connectivity index (χ1v) is 8.47. The molecule has 0 aromatic carbocycles. The van der Waals surface area contributed by atoms with Crippen molar-refractivity contribution in [1.82, 2.24) is 5.32 Å². The van der Waals surface area contributed by atoms with Gasteiger partial charge in [-0.25, -0.2) is 0 Å². The van der Waals surface area contributed by atoms with Gasteiger partial charge in [0.1, 0.15) is 0 Å². The number of rotatable bonds is 6. The SMILES string of the molecule is CCCNC(c1cscc1Br)C1(OC)CCCC1. The van der Waals surface area contributed by atoms with E-state index in [4.69, 9.17) is 4.74 Å². The highest BCUT2D eigenvalue weighted by atomic mass is 79.9. The van der Waals surface area contributed by atoms with E-state index in [1.54, 1.807) is 11.3 Å². The number of nitrogens with one attached hydrogen (secondary N) is 1. The van der Waals surface area contributed by atoms with Gasteiger partial charge >= 0.3 is 0 Å². The van der Waals surface area contributed by atoms with Crippen LogP contribution < -0.4 is 5.32 Å². The molecule has 0 bridgehead atoms. The molecule has 1 aromatic rings. The summed E-state index contributed by atoms with van der Waals surface area (Å²) in [5, 5.41) is 8.11. The fourth-order valence-corrected chi connectivity index (χ4v) is 4.50. The minimum absolute atomic E-state index is 0.0151. The van der Waals surface area contributed by atoms with Gasteiger partial charge in [0.25, 0.3) is 0 Å². The highest BCUT2D eigenvalue weighted by Gasteiger charge is 2.42. The molecule has 2 rings (SSSR count). The Bertz CT molecular complexity index is 374. The molecule has 4 heteroatoms. The third-order valence-electron chi connectivity index (χ3n) is 3.93. The van der Waals surface area contributed by atoms with Gasteiger partial charge in [-0.15, -0.1) is 0 Å². The van der Waals surface area contributed by atoms with Crippen molar-refractivity contribution in [3.63, 3.8) is 0 Å². The Balaban J connectivity index is 2.26. The summed E-state index contributed by atoms with van der Waals surface area (Å²) in [7, 11) is 1.87. The third-order valence-corrected chi connectivity index (χ3v) is 5.69. The average molecular weight is 332 g/mol. The Morgan fingerprint density at radius 1 is 1.44 bits per heavy atom. The van der Waals surface area contributed by atoms with Crippen molar-refractivity contribution in [3.05, 3.63) is 20.8 Å². The second kappa shape index (κ2) is 6.51. The molecule has 0 saturated heterocycles. The first-order chi connectivity index (χ1) is 8.73. The normalized spacial score (nSPS) is 20.2. The molecule has 1 saturated carbocycles. The lowest BCUT2D eigenvalue weighted by Gasteiger charge is -2.37. The summed E-state index contributed by atoms with van der Waals surface area (Å²) in [4.78, 5) is 0. The van der Waals surface area contributed by atoms with Gasteiger partial charge in [0.15, 0.2) is 0 Å². The van der Waals surface area contributed by atoms with E-state index in [1.807, 2.05) is 7.11 Å². The van der Waals surface area contributed by atoms with Crippen LogP contribution in [-0.4, -0.2) is 19.3 Å². The lowest BCUT2D eigenvalue weighted by atomic mass is 9.88. The third kappa shape index (κ3) is 2.82. The van der Waals surface area contributed by atoms with Crippen molar-refractivity contribution < 1.29 is 4.74 Å². The molecule has 1 N–H and O–H groups in total. The summed E-state index contributed by atoms with van der Waals surface area (Å²) in [6, 6.07) is 0.311. The molecule has 1 unspecified atom stereocenters. The molecule has 18 heavy (non-hydrogen) atoms. The van der Waals surface area contributed by atoms with E-state index in [2.05, 4.69) is 38.9 Å². The van der Waals surface area contributed by atoms with Crippen LogP contribution >= 0.6 is 27.3 Å². The summed E-state index contributed by atoms with van der Waals surface area (Å²) in [6.07, 6.45) is 6.03. The van der Waals surface area contributed by atoms with E-state index in [0.717, 1.165) is 25.8 Å². The number of thiophene rings is 1. The molecule has 0 spiro atoms. The van der Waals surface area contributed by atoms with Crippen LogP contribution in [0.5, 0.6) is 0 Å². The van der Waals surface area contributed by atoms with Crippen molar-refractivity contribution in [2.45, 2.75) is 50.7 Å². The van der Waals surface area contributed by atoms with Crippen LogP contribution in [-0.2, 0) is 4.74 Å². The zero-order valence-corrected chi connectivity index (χ0v) is 13.6. The first-order valence-electron chi connectivity index (χ1n) is 6.73. The van der Waals surface area contributed by atoms with Gasteiger partial charge in [-0.2, -0.15) is 11.3 Å². The summed E-state index contributed by atoms with van der Waals surface area (Å²) in [5.41, 5.74) is 1.34. The largest absolute Gasteiger partial charge is 0.376 e. The van der Waals surface area contributed by atoms with Crippen LogP contribution in [0, 0.1) is 0 Å². The number of methoxy groups -OCH3 is 1. The Morgan fingerprint density at radius 2 is 2.17 bits per heavy atom. The second-order valence-electron chi connectivity index (χ2n) is 5.04. The molecular weight excluding hydrogens is 310 g/mol. The topological polar surface area (TPSA) is 21.3 Å². The summed E-state index contributed by atoms with van der Waals surface area (Å²) in [6.45, 7) is 3.25. The Labute approximate surface area is 122 Å². The summed E-state index contributed by atoms with van der Waals surface area (Å²) >= 11 is 5.43. The van der Waals surface area contributed by atoms with E-state index in [1.165, 1.54) is 22.9 Å². The van der Waals surface area contributed by atoms with Crippen LogP contribution in [0.15, 0.2) is 15.2 Å². The molecular formula is C14H22BrNOS. The molecule has 0 radical (unpaired) electrons. The van der Waals surface area contributed by atoms with Gasteiger partial charge in [0.2, 0.25) is 0 Å². The minimum Gasteiger partial charge on any atom is -0.376 e. The Kier molecular flexibility index (Phi) is 5.24. The average Bonchev–Trinajstić information content (AvgIpc) is 3.01.